The molecule has 1 saturated heterocycles. The van der Waals surface area contributed by atoms with Crippen LogP contribution in [0.4, 0.5) is 0 Å². The highest BCUT2D eigenvalue weighted by Crippen LogP contribution is 2.67. The molecule has 5 aliphatic carbocycles. The van der Waals surface area contributed by atoms with Crippen LogP contribution in [0, 0.1) is 23.7 Å². The van der Waals surface area contributed by atoms with E-state index in [-0.39, 0.29) is 0 Å². The Morgan fingerprint density at radius 3 is 2.63 bits per heavy atom. The Bertz CT molecular complexity index is 433. The maximum atomic E-state index is 11.4. The predicted molar refractivity (Wildman–Crippen MR) is 64.6 cm³/mol. The van der Waals surface area contributed by atoms with Crippen LogP contribution in [-0.2, 0) is 19.3 Å². The molecule has 4 heteroatoms. The van der Waals surface area contributed by atoms with Crippen molar-refractivity contribution in [3.05, 3.63) is 0 Å². The Kier molecular flexibility index (Phi) is 2.02. The van der Waals surface area contributed by atoms with E-state index in [1.807, 2.05) is 0 Å². The molecule has 2 spiro atoms. The molecule has 4 nitrogen and oxygen atoms in total. The van der Waals surface area contributed by atoms with Crippen LogP contribution < -0.4 is 0 Å². The van der Waals surface area contributed by atoms with Crippen molar-refractivity contribution >= 4 is 5.78 Å². The minimum Gasteiger partial charge on any atom is -0.312 e. The van der Waals surface area contributed by atoms with Crippen LogP contribution in [0.3, 0.4) is 0 Å². The van der Waals surface area contributed by atoms with Gasteiger partial charge in [0, 0.05) is 37.5 Å². The first-order chi connectivity index (χ1) is 9.19. The van der Waals surface area contributed by atoms with Gasteiger partial charge in [0.1, 0.15) is 5.78 Å². The summed E-state index contributed by atoms with van der Waals surface area (Å²) in [4.78, 5) is 23.0. The second-order valence-electron chi connectivity index (χ2n) is 7.31. The van der Waals surface area contributed by atoms with Crippen LogP contribution in [0.5, 0.6) is 0 Å². The lowest BCUT2D eigenvalue weighted by Gasteiger charge is -2.39. The molecule has 6 aliphatic rings. The minimum atomic E-state index is -0.615. The summed E-state index contributed by atoms with van der Waals surface area (Å²) in [6.45, 7) is 0. The Morgan fingerprint density at radius 1 is 1.00 bits per heavy atom. The summed E-state index contributed by atoms with van der Waals surface area (Å²) in [5.41, 5.74) is 0. The third kappa shape index (κ3) is 1.33. The smallest absolute Gasteiger partial charge is 0.210 e. The van der Waals surface area contributed by atoms with E-state index in [0.717, 1.165) is 11.8 Å². The molecule has 0 aromatic carbocycles. The molecular weight excluding hydrogens is 244 g/mol. The second kappa shape index (κ2) is 3.41. The number of ketones is 1. The zero-order valence-electron chi connectivity index (χ0n) is 11.1. The van der Waals surface area contributed by atoms with Crippen LogP contribution >= 0.6 is 0 Å². The summed E-state index contributed by atoms with van der Waals surface area (Å²) in [7, 11) is 0. The number of carbonyl (C=O) groups is 1. The lowest BCUT2D eigenvalue weighted by atomic mass is 9.78. The van der Waals surface area contributed by atoms with Crippen LogP contribution in [0.2, 0.25) is 0 Å². The summed E-state index contributed by atoms with van der Waals surface area (Å²) < 4.78 is 6.45. The summed E-state index contributed by atoms with van der Waals surface area (Å²) in [5, 5.41) is 0. The molecule has 19 heavy (non-hydrogen) atoms. The van der Waals surface area contributed by atoms with Crippen LogP contribution in [0.15, 0.2) is 0 Å². The molecule has 0 aromatic rings. The fourth-order valence-corrected chi connectivity index (χ4v) is 5.53. The van der Waals surface area contributed by atoms with E-state index in [1.54, 1.807) is 0 Å². The third-order valence-corrected chi connectivity index (χ3v) is 6.32. The maximum absolute atomic E-state index is 11.4. The highest BCUT2D eigenvalue weighted by Gasteiger charge is 2.70. The summed E-state index contributed by atoms with van der Waals surface area (Å²) in [5.74, 6) is 1.99. The minimum absolute atomic E-state index is 0.327. The Hall–Kier alpha value is -0.450. The highest BCUT2D eigenvalue weighted by molar-refractivity contribution is 5.79. The van der Waals surface area contributed by atoms with Crippen molar-refractivity contribution in [2.24, 2.45) is 23.7 Å². The highest BCUT2D eigenvalue weighted by atomic mass is 17.3. The molecule has 5 saturated carbocycles. The number of hydrogen-bond donors (Lipinski definition) is 0. The molecular formula is C15H20O4. The van der Waals surface area contributed by atoms with Crippen molar-refractivity contribution in [2.45, 2.75) is 62.9 Å². The van der Waals surface area contributed by atoms with Gasteiger partial charge in [-0.1, -0.05) is 0 Å². The van der Waals surface area contributed by atoms with E-state index in [0.29, 0.717) is 43.3 Å². The first-order valence-corrected chi connectivity index (χ1v) is 7.78. The number of carbonyl (C=O) groups excluding carboxylic acids is 1. The Balaban J connectivity index is 1.45. The lowest BCUT2D eigenvalue weighted by molar-refractivity contribution is -0.369. The third-order valence-electron chi connectivity index (χ3n) is 6.32. The molecule has 0 aromatic heterocycles. The predicted octanol–water partition coefficient (Wildman–Crippen LogP) is 2.57. The SMILES string of the molecule is O=C1CCC2(CC1)OOC1(O2)C2CC3CC(C2)C1C3. The van der Waals surface area contributed by atoms with Crippen molar-refractivity contribution in [2.75, 3.05) is 0 Å². The lowest BCUT2D eigenvalue weighted by Crippen LogP contribution is -2.47. The van der Waals surface area contributed by atoms with Gasteiger partial charge in [0.15, 0.2) is 0 Å². The topological polar surface area (TPSA) is 44.8 Å². The molecule has 1 heterocycles. The second-order valence-corrected chi connectivity index (χ2v) is 7.31. The summed E-state index contributed by atoms with van der Waals surface area (Å²) >= 11 is 0. The van der Waals surface area contributed by atoms with Gasteiger partial charge in [0.05, 0.1) is 0 Å². The average Bonchev–Trinajstić information content (AvgIpc) is 2.98. The van der Waals surface area contributed by atoms with E-state index in [9.17, 15) is 4.79 Å². The van der Waals surface area contributed by atoms with Crippen molar-refractivity contribution < 1.29 is 19.3 Å². The van der Waals surface area contributed by atoms with Gasteiger partial charge in [-0.2, -0.15) is 9.78 Å². The summed E-state index contributed by atoms with van der Waals surface area (Å²) in [6.07, 6.45) is 7.58. The molecule has 6 rings (SSSR count). The molecule has 5 unspecified atom stereocenters. The molecule has 4 bridgehead atoms. The largest absolute Gasteiger partial charge is 0.312 e. The van der Waals surface area contributed by atoms with E-state index >= 15 is 0 Å². The molecule has 0 N–H and O–H groups in total. The van der Waals surface area contributed by atoms with E-state index in [4.69, 9.17) is 14.5 Å². The zero-order chi connectivity index (χ0) is 12.7. The van der Waals surface area contributed by atoms with Gasteiger partial charge in [-0.25, -0.2) is 0 Å². The molecule has 1 aliphatic heterocycles. The quantitative estimate of drug-likeness (QED) is 0.631. The van der Waals surface area contributed by atoms with Gasteiger partial charge in [-0.15, -0.1) is 0 Å². The standard InChI is InChI=1S/C15H20O4/c16-12-1-3-14(4-2-12)17-15(19-18-14)11-6-9-5-10(8-11)13(15)7-9/h9-11,13H,1-8H2. The average molecular weight is 264 g/mol. The van der Waals surface area contributed by atoms with Crippen molar-refractivity contribution in [1.29, 1.82) is 0 Å². The first-order valence-electron chi connectivity index (χ1n) is 7.78. The van der Waals surface area contributed by atoms with Crippen LogP contribution in [0.25, 0.3) is 0 Å². The monoisotopic (exact) mass is 264 g/mol. The maximum Gasteiger partial charge on any atom is 0.210 e. The number of Topliss-reactive ketones (excluding diaryl/α,β-unsaturated/α-hetero) is 1. The van der Waals surface area contributed by atoms with Crippen molar-refractivity contribution in [3.8, 4) is 0 Å². The zero-order valence-corrected chi connectivity index (χ0v) is 11.1. The van der Waals surface area contributed by atoms with Gasteiger partial charge in [0.2, 0.25) is 11.6 Å². The van der Waals surface area contributed by atoms with Gasteiger partial charge in [-0.05, 0) is 37.5 Å². The number of hydrogen-bond acceptors (Lipinski definition) is 4. The van der Waals surface area contributed by atoms with E-state index in [2.05, 4.69) is 0 Å². The Labute approximate surface area is 112 Å². The molecule has 0 amide bonds. The number of ether oxygens (including phenoxy) is 1. The summed E-state index contributed by atoms with van der Waals surface area (Å²) in [6, 6.07) is 0. The molecule has 104 valence electrons. The van der Waals surface area contributed by atoms with Crippen molar-refractivity contribution in [1.82, 2.24) is 0 Å². The van der Waals surface area contributed by atoms with Crippen molar-refractivity contribution in [3.63, 3.8) is 0 Å². The fourth-order valence-electron chi connectivity index (χ4n) is 5.53. The van der Waals surface area contributed by atoms with Gasteiger partial charge in [-0.3, -0.25) is 4.79 Å². The first kappa shape index (κ1) is 11.2. The fraction of sp³-hybridized carbons (Fsp3) is 0.933. The van der Waals surface area contributed by atoms with E-state index in [1.165, 1.54) is 25.7 Å². The van der Waals surface area contributed by atoms with Crippen LogP contribution in [-0.4, -0.2) is 17.4 Å². The molecule has 5 atom stereocenters. The normalized spacial score (nSPS) is 53.8. The van der Waals surface area contributed by atoms with Gasteiger partial charge >= 0.3 is 0 Å². The van der Waals surface area contributed by atoms with E-state index < -0.39 is 11.6 Å². The number of rotatable bonds is 0. The molecule has 0 radical (unpaired) electrons. The van der Waals surface area contributed by atoms with Gasteiger partial charge in [0.25, 0.3) is 0 Å². The van der Waals surface area contributed by atoms with Gasteiger partial charge < -0.3 is 4.74 Å². The van der Waals surface area contributed by atoms with Crippen LogP contribution in [0.1, 0.15) is 51.4 Å². The Morgan fingerprint density at radius 2 is 1.84 bits per heavy atom. The molecule has 6 fully saturated rings.